The number of ether oxygens (including phenoxy) is 1. The summed E-state index contributed by atoms with van der Waals surface area (Å²) in [6.07, 6.45) is 2.67. The smallest absolute Gasteiger partial charge is 0.433 e. The fourth-order valence-corrected chi connectivity index (χ4v) is 1.56. The maximum absolute atomic E-state index is 11.9. The van der Waals surface area contributed by atoms with Crippen LogP contribution in [0, 0.1) is 10.1 Å². The highest BCUT2D eigenvalue weighted by atomic mass is 16.6. The third kappa shape index (κ3) is 3.11. The summed E-state index contributed by atoms with van der Waals surface area (Å²) in [5.74, 6) is 0.215. The summed E-state index contributed by atoms with van der Waals surface area (Å²) in [6, 6.07) is 9.36. The number of nitrogens with zero attached hydrogens (tertiary/aromatic N) is 1. The Hall–Kier alpha value is -2.89. The Balaban J connectivity index is 2.13. The Morgan fingerprint density at radius 3 is 2.80 bits per heavy atom. The Morgan fingerprint density at radius 2 is 2.15 bits per heavy atom. The summed E-state index contributed by atoms with van der Waals surface area (Å²) in [5, 5.41) is 10.5. The molecule has 0 radical (unpaired) electrons. The van der Waals surface area contributed by atoms with E-state index in [1.807, 2.05) is 0 Å². The monoisotopic (exact) mass is 273 g/mol. The van der Waals surface area contributed by atoms with E-state index in [0.29, 0.717) is 11.3 Å². The van der Waals surface area contributed by atoms with E-state index in [9.17, 15) is 14.9 Å². The van der Waals surface area contributed by atoms with Crippen molar-refractivity contribution in [3.05, 3.63) is 63.9 Å². The number of furan rings is 1. The molecule has 6 heteroatoms. The molecule has 2 aromatic rings. The third-order valence-corrected chi connectivity index (χ3v) is 2.55. The van der Waals surface area contributed by atoms with E-state index in [0.717, 1.165) is 0 Å². The molecule has 0 atom stereocenters. The second kappa shape index (κ2) is 5.83. The molecule has 102 valence electrons. The second-order valence-electron chi connectivity index (χ2n) is 3.86. The minimum absolute atomic E-state index is 0.243. The van der Waals surface area contributed by atoms with Crippen molar-refractivity contribution in [2.45, 2.75) is 0 Å². The van der Waals surface area contributed by atoms with Crippen molar-refractivity contribution >= 4 is 17.7 Å². The quantitative estimate of drug-likeness (QED) is 0.362. The van der Waals surface area contributed by atoms with E-state index in [4.69, 9.17) is 9.15 Å². The second-order valence-corrected chi connectivity index (χ2v) is 3.86. The summed E-state index contributed by atoms with van der Waals surface area (Å²) in [6.45, 7) is 0. The molecule has 0 saturated carbocycles. The Labute approximate surface area is 114 Å². The van der Waals surface area contributed by atoms with Gasteiger partial charge >= 0.3 is 5.88 Å². The molecule has 0 spiro atoms. The zero-order chi connectivity index (χ0) is 14.5. The van der Waals surface area contributed by atoms with Gasteiger partial charge in [-0.3, -0.25) is 14.9 Å². The van der Waals surface area contributed by atoms with Crippen LogP contribution in [-0.4, -0.2) is 17.8 Å². The molecule has 20 heavy (non-hydrogen) atoms. The van der Waals surface area contributed by atoms with Gasteiger partial charge in [-0.1, -0.05) is 12.1 Å². The predicted molar refractivity (Wildman–Crippen MR) is 71.7 cm³/mol. The fraction of sp³-hybridized carbons (Fsp3) is 0.0714. The molecule has 0 bridgehead atoms. The lowest BCUT2D eigenvalue weighted by atomic mass is 10.1. The van der Waals surface area contributed by atoms with Crippen molar-refractivity contribution in [3.8, 4) is 5.75 Å². The lowest BCUT2D eigenvalue weighted by Crippen LogP contribution is -1.94. The molecule has 0 aliphatic heterocycles. The maximum Gasteiger partial charge on any atom is 0.433 e. The number of benzene rings is 1. The highest BCUT2D eigenvalue weighted by Gasteiger charge is 2.10. The van der Waals surface area contributed by atoms with Gasteiger partial charge in [-0.05, 0) is 30.4 Å². The van der Waals surface area contributed by atoms with E-state index in [1.165, 1.54) is 31.4 Å². The molecule has 0 amide bonds. The van der Waals surface area contributed by atoms with Gasteiger partial charge in [0.2, 0.25) is 0 Å². The number of ketones is 1. The maximum atomic E-state index is 11.9. The summed E-state index contributed by atoms with van der Waals surface area (Å²) < 4.78 is 9.94. The van der Waals surface area contributed by atoms with Gasteiger partial charge in [0.25, 0.3) is 0 Å². The zero-order valence-corrected chi connectivity index (χ0v) is 10.6. The molecule has 0 unspecified atom stereocenters. The van der Waals surface area contributed by atoms with Crippen LogP contribution in [-0.2, 0) is 0 Å². The fourth-order valence-electron chi connectivity index (χ4n) is 1.56. The minimum atomic E-state index is -0.638. The number of carbonyl (C=O) groups is 1. The molecule has 1 heterocycles. The summed E-state index contributed by atoms with van der Waals surface area (Å²) in [4.78, 5) is 21.7. The average Bonchev–Trinajstić information content (AvgIpc) is 2.94. The number of methoxy groups -OCH3 is 1. The van der Waals surface area contributed by atoms with Gasteiger partial charge < -0.3 is 9.15 Å². The standard InChI is InChI=1S/C14H11NO5/c1-19-12-4-2-3-10(9-12)13(16)7-5-11-6-8-14(20-11)15(17)18/h2-9H,1H3/b7-5+. The molecular formula is C14H11NO5. The first-order valence-corrected chi connectivity index (χ1v) is 5.71. The average molecular weight is 273 g/mol. The highest BCUT2D eigenvalue weighted by molar-refractivity contribution is 6.06. The highest BCUT2D eigenvalue weighted by Crippen LogP contribution is 2.18. The first-order chi connectivity index (χ1) is 9.60. The van der Waals surface area contributed by atoms with Gasteiger partial charge in [0.1, 0.15) is 16.4 Å². The SMILES string of the molecule is COc1cccc(C(=O)/C=C/c2ccc([N+](=O)[O-])o2)c1. The van der Waals surface area contributed by atoms with Gasteiger partial charge in [0, 0.05) is 5.56 Å². The van der Waals surface area contributed by atoms with Crippen molar-refractivity contribution in [2.75, 3.05) is 7.11 Å². The number of nitro groups is 1. The lowest BCUT2D eigenvalue weighted by Gasteiger charge is -2.00. The van der Waals surface area contributed by atoms with Crippen LogP contribution in [0.3, 0.4) is 0 Å². The van der Waals surface area contributed by atoms with Crippen LogP contribution in [0.4, 0.5) is 5.88 Å². The summed E-state index contributed by atoms with van der Waals surface area (Å²) >= 11 is 0. The van der Waals surface area contributed by atoms with Crippen LogP contribution in [0.15, 0.2) is 46.9 Å². The Bertz CT molecular complexity index is 672. The largest absolute Gasteiger partial charge is 0.497 e. The van der Waals surface area contributed by atoms with E-state index in [-0.39, 0.29) is 17.4 Å². The number of allylic oxidation sites excluding steroid dienone is 1. The normalized spacial score (nSPS) is 10.7. The van der Waals surface area contributed by atoms with Crippen molar-refractivity contribution in [1.82, 2.24) is 0 Å². The van der Waals surface area contributed by atoms with E-state index < -0.39 is 4.92 Å². The minimum Gasteiger partial charge on any atom is -0.497 e. The van der Waals surface area contributed by atoms with E-state index in [2.05, 4.69) is 0 Å². The van der Waals surface area contributed by atoms with Gasteiger partial charge in [-0.15, -0.1) is 0 Å². The first kappa shape index (κ1) is 13.5. The predicted octanol–water partition coefficient (Wildman–Crippen LogP) is 3.09. The van der Waals surface area contributed by atoms with Gasteiger partial charge in [0.15, 0.2) is 5.78 Å². The lowest BCUT2D eigenvalue weighted by molar-refractivity contribution is -0.402. The van der Waals surface area contributed by atoms with Crippen molar-refractivity contribution in [3.63, 3.8) is 0 Å². The Kier molecular flexibility index (Phi) is 3.95. The van der Waals surface area contributed by atoms with E-state index in [1.54, 1.807) is 24.3 Å². The number of hydrogen-bond acceptors (Lipinski definition) is 5. The molecule has 0 aliphatic carbocycles. The van der Waals surface area contributed by atoms with E-state index >= 15 is 0 Å². The molecular weight excluding hydrogens is 262 g/mol. The third-order valence-electron chi connectivity index (χ3n) is 2.55. The summed E-state index contributed by atoms with van der Waals surface area (Å²) in [5.41, 5.74) is 0.460. The van der Waals surface area contributed by atoms with Crippen LogP contribution in [0.1, 0.15) is 16.1 Å². The van der Waals surface area contributed by atoms with Crippen LogP contribution in [0.25, 0.3) is 6.08 Å². The van der Waals surface area contributed by atoms with Gasteiger partial charge in [0.05, 0.1) is 13.2 Å². The number of carbonyl (C=O) groups excluding carboxylic acids is 1. The van der Waals surface area contributed by atoms with Crippen molar-refractivity contribution < 1.29 is 18.9 Å². The summed E-state index contributed by atoms with van der Waals surface area (Å²) in [7, 11) is 1.52. The molecule has 1 aromatic heterocycles. The molecule has 0 saturated heterocycles. The molecule has 0 fully saturated rings. The van der Waals surface area contributed by atoms with Crippen LogP contribution in [0.5, 0.6) is 5.75 Å². The van der Waals surface area contributed by atoms with Crippen LogP contribution in [0.2, 0.25) is 0 Å². The molecule has 0 aliphatic rings. The van der Waals surface area contributed by atoms with Crippen molar-refractivity contribution in [1.29, 1.82) is 0 Å². The zero-order valence-electron chi connectivity index (χ0n) is 10.6. The molecule has 0 N–H and O–H groups in total. The number of rotatable bonds is 5. The Morgan fingerprint density at radius 1 is 1.35 bits per heavy atom. The number of hydrogen-bond donors (Lipinski definition) is 0. The van der Waals surface area contributed by atoms with Gasteiger partial charge in [-0.2, -0.15) is 0 Å². The van der Waals surface area contributed by atoms with Crippen LogP contribution >= 0.6 is 0 Å². The molecule has 2 rings (SSSR count). The first-order valence-electron chi connectivity index (χ1n) is 5.71. The topological polar surface area (TPSA) is 82.6 Å². The van der Waals surface area contributed by atoms with Gasteiger partial charge in [-0.25, -0.2) is 0 Å². The van der Waals surface area contributed by atoms with Crippen LogP contribution < -0.4 is 4.74 Å². The molecule has 6 nitrogen and oxygen atoms in total. The molecule has 1 aromatic carbocycles. The van der Waals surface area contributed by atoms with Crippen molar-refractivity contribution in [2.24, 2.45) is 0 Å².